The van der Waals surface area contributed by atoms with Gasteiger partial charge < -0.3 is 68.9 Å². The summed E-state index contributed by atoms with van der Waals surface area (Å²) in [7, 11) is 0. The topological polar surface area (TPSA) is 376 Å². The molecule has 0 saturated carbocycles. The van der Waals surface area contributed by atoms with Crippen LogP contribution in [0, 0.1) is 11.8 Å². The molecule has 14 N–H and O–H groups in total. The van der Waals surface area contributed by atoms with Gasteiger partial charge in [-0.1, -0.05) is 27.7 Å². The van der Waals surface area contributed by atoms with E-state index in [0.717, 1.165) is 4.90 Å². The predicted molar refractivity (Wildman–Crippen MR) is 205 cm³/mol. The van der Waals surface area contributed by atoms with Crippen molar-refractivity contribution in [1.29, 1.82) is 0 Å². The zero-order chi connectivity index (χ0) is 44.9. The fourth-order valence-corrected chi connectivity index (χ4v) is 6.74. The number of nitrogens with zero attached hydrogens (tertiary/aromatic N) is 2. The molecule has 9 atom stereocenters. The lowest BCUT2D eigenvalue weighted by atomic mass is 10.0. The first kappa shape index (κ1) is 49.7. The normalized spacial score (nSPS) is 20.0. The van der Waals surface area contributed by atoms with Crippen molar-refractivity contribution in [3.63, 3.8) is 0 Å². The van der Waals surface area contributed by atoms with E-state index in [1.807, 2.05) is 0 Å². The molecule has 2 fully saturated rings. The van der Waals surface area contributed by atoms with E-state index in [0.29, 0.717) is 12.8 Å². The molecule has 2 aliphatic rings. The van der Waals surface area contributed by atoms with E-state index in [4.69, 9.17) is 17.2 Å². The van der Waals surface area contributed by atoms with Gasteiger partial charge in [-0.25, -0.2) is 4.79 Å². The Bertz CT molecular complexity index is 1590. The second kappa shape index (κ2) is 22.7. The monoisotopic (exact) mass is 840 g/mol. The number of carboxylic acid groups (broad SMARTS) is 1. The highest BCUT2D eigenvalue weighted by Crippen LogP contribution is 2.23. The molecule has 0 aromatic carbocycles. The van der Waals surface area contributed by atoms with Crippen LogP contribution in [0.3, 0.4) is 0 Å². The minimum atomic E-state index is -1.66. The smallest absolute Gasteiger partial charge is 0.326 e. The number of hydrogen-bond donors (Lipinski definition) is 11. The molecule has 0 bridgehead atoms. The van der Waals surface area contributed by atoms with Gasteiger partial charge in [0.2, 0.25) is 53.2 Å². The molecule has 59 heavy (non-hydrogen) atoms. The molecule has 23 heteroatoms. The van der Waals surface area contributed by atoms with E-state index in [2.05, 4.69) is 26.6 Å². The highest BCUT2D eigenvalue weighted by atomic mass is 16.4. The molecule has 9 amide bonds. The molecule has 2 aliphatic heterocycles. The number of carbonyl (C=O) groups is 10. The van der Waals surface area contributed by atoms with Crippen molar-refractivity contribution in [2.45, 2.75) is 134 Å². The van der Waals surface area contributed by atoms with Crippen LogP contribution < -0.4 is 43.8 Å². The number of nitrogens with one attached hydrogen (secondary N) is 5. The van der Waals surface area contributed by atoms with Gasteiger partial charge in [-0.2, -0.15) is 0 Å². The molecule has 0 aromatic rings. The van der Waals surface area contributed by atoms with E-state index in [1.165, 1.54) is 11.8 Å². The van der Waals surface area contributed by atoms with Crippen molar-refractivity contribution >= 4 is 59.1 Å². The van der Waals surface area contributed by atoms with Crippen LogP contribution in [0.2, 0.25) is 0 Å². The van der Waals surface area contributed by atoms with Crippen molar-refractivity contribution in [3.8, 4) is 0 Å². The lowest BCUT2D eigenvalue weighted by Crippen LogP contribution is -2.61. The van der Waals surface area contributed by atoms with Gasteiger partial charge in [0, 0.05) is 13.1 Å². The first-order valence-electron chi connectivity index (χ1n) is 19.5. The van der Waals surface area contributed by atoms with E-state index in [9.17, 15) is 63.3 Å². The average molecular weight is 841 g/mol. The maximum absolute atomic E-state index is 14.0. The number of nitrogens with two attached hydrogens (primary N) is 3. The molecule has 0 aromatic heterocycles. The molecule has 23 nitrogen and oxygen atoms in total. The Labute approximate surface area is 341 Å². The number of carboxylic acids is 1. The zero-order valence-electron chi connectivity index (χ0n) is 34.0. The minimum absolute atomic E-state index is 0.0165. The van der Waals surface area contributed by atoms with Crippen LogP contribution in [0.1, 0.15) is 79.6 Å². The number of amides is 9. The number of likely N-dealkylation sites (tertiary alicyclic amines) is 2. The first-order valence-corrected chi connectivity index (χ1v) is 19.5. The maximum Gasteiger partial charge on any atom is 0.326 e. The fourth-order valence-electron chi connectivity index (χ4n) is 6.74. The Morgan fingerprint density at radius 3 is 1.61 bits per heavy atom. The van der Waals surface area contributed by atoms with Gasteiger partial charge in [0.25, 0.3) is 0 Å². The summed E-state index contributed by atoms with van der Waals surface area (Å²) in [5, 5.41) is 41.3. The Balaban J connectivity index is 2.23. The molecule has 332 valence electrons. The van der Waals surface area contributed by atoms with Crippen LogP contribution in [0.5, 0.6) is 0 Å². The Morgan fingerprint density at radius 2 is 1.12 bits per heavy atom. The highest BCUT2D eigenvalue weighted by Gasteiger charge is 2.43. The van der Waals surface area contributed by atoms with E-state index < -0.39 is 139 Å². The standard InChI is InChI=1S/C36H60N10O13/c1-16(2)12-19(40-30(52)20(13-25(37)49)41-33(55)27(39)18(5)48)29(51)43-22(15-47)31(53)44-28(17(3)4)35(57)45-10-6-8-23(45)32(54)42-21(14-26(38)50)34(56)46-11-7-9-24(46)36(58)59/h16-24,27-28,47-48H,6-15,39H2,1-5H3,(H2,37,49)(H2,38,50)(H,40,52)(H,41,55)(H,42,54)(H,43,51)(H,44,53)(H,58,59)/t18-,19+,20+,21+,22+,23+,24+,27+,28+/m1/s1. The average Bonchev–Trinajstić information content (AvgIpc) is 3.84. The number of aliphatic hydroxyl groups is 2. The number of primary amides is 2. The lowest BCUT2D eigenvalue weighted by Gasteiger charge is -2.32. The van der Waals surface area contributed by atoms with E-state index >= 15 is 0 Å². The summed E-state index contributed by atoms with van der Waals surface area (Å²) >= 11 is 0. The third-order valence-corrected chi connectivity index (χ3v) is 9.93. The summed E-state index contributed by atoms with van der Waals surface area (Å²) in [6.07, 6.45) is -1.58. The van der Waals surface area contributed by atoms with Gasteiger partial charge >= 0.3 is 5.97 Å². The number of aliphatic carboxylic acids is 1. The van der Waals surface area contributed by atoms with Crippen LogP contribution >= 0.6 is 0 Å². The number of aliphatic hydroxyl groups excluding tert-OH is 2. The number of carbonyl (C=O) groups excluding carboxylic acids is 9. The van der Waals surface area contributed by atoms with Crippen LogP contribution in [0.4, 0.5) is 0 Å². The van der Waals surface area contributed by atoms with Crippen molar-refractivity contribution in [2.75, 3.05) is 19.7 Å². The SMILES string of the molecule is CC(C)C[C@H](NC(=O)[C@H](CC(N)=O)NC(=O)[C@@H](N)[C@@H](C)O)C(=O)N[C@@H](CO)C(=O)N[C@H](C(=O)N1CCC[C@H]1C(=O)N[C@@H](CC(N)=O)C(=O)N1CCC[C@H]1C(=O)O)C(C)C. The summed E-state index contributed by atoms with van der Waals surface area (Å²) in [4.78, 5) is 131. The highest BCUT2D eigenvalue weighted by molar-refractivity contribution is 5.99. The van der Waals surface area contributed by atoms with Crippen LogP contribution in [-0.4, -0.2) is 158 Å². The summed E-state index contributed by atoms with van der Waals surface area (Å²) in [5.74, 6) is -10.3. The van der Waals surface area contributed by atoms with E-state index in [-0.39, 0.29) is 38.3 Å². The number of hydrogen-bond acceptors (Lipinski definition) is 13. The zero-order valence-corrected chi connectivity index (χ0v) is 34.0. The van der Waals surface area contributed by atoms with Gasteiger partial charge in [0.05, 0.1) is 25.6 Å². The second-order valence-corrected chi connectivity index (χ2v) is 15.6. The lowest BCUT2D eigenvalue weighted by molar-refractivity contribution is -0.150. The van der Waals surface area contributed by atoms with Gasteiger partial charge in [-0.3, -0.25) is 43.2 Å². The largest absolute Gasteiger partial charge is 0.480 e. The molecule has 2 heterocycles. The third kappa shape index (κ3) is 14.4. The van der Waals surface area contributed by atoms with Gasteiger partial charge in [-0.05, 0) is 50.9 Å². The molecular formula is C36H60N10O13. The molecule has 0 radical (unpaired) electrons. The fraction of sp³-hybridized carbons (Fsp3) is 0.722. The second-order valence-electron chi connectivity index (χ2n) is 15.6. The molecular weight excluding hydrogens is 780 g/mol. The molecule has 2 rings (SSSR count). The summed E-state index contributed by atoms with van der Waals surface area (Å²) < 4.78 is 0. The molecule has 0 spiro atoms. The van der Waals surface area contributed by atoms with Crippen molar-refractivity contribution < 1.29 is 63.3 Å². The Kier molecular flexibility index (Phi) is 19.1. The van der Waals surface area contributed by atoms with Crippen LogP contribution in [0.15, 0.2) is 0 Å². The minimum Gasteiger partial charge on any atom is -0.480 e. The van der Waals surface area contributed by atoms with Crippen molar-refractivity contribution in [1.82, 2.24) is 36.4 Å². The van der Waals surface area contributed by atoms with Crippen LogP contribution in [0.25, 0.3) is 0 Å². The quantitative estimate of drug-likeness (QED) is 0.0485. The predicted octanol–water partition coefficient (Wildman–Crippen LogP) is -5.37. The summed E-state index contributed by atoms with van der Waals surface area (Å²) in [6, 6.07) is -11.2. The van der Waals surface area contributed by atoms with Gasteiger partial charge in [-0.15, -0.1) is 0 Å². The first-order chi connectivity index (χ1) is 27.5. The van der Waals surface area contributed by atoms with Crippen LogP contribution in [-0.2, 0) is 47.9 Å². The number of rotatable bonds is 22. The molecule has 0 aliphatic carbocycles. The van der Waals surface area contributed by atoms with E-state index in [1.54, 1.807) is 27.7 Å². The summed E-state index contributed by atoms with van der Waals surface area (Å²) in [5.41, 5.74) is 16.2. The Morgan fingerprint density at radius 1 is 0.644 bits per heavy atom. The third-order valence-electron chi connectivity index (χ3n) is 9.93. The van der Waals surface area contributed by atoms with Crippen molar-refractivity contribution in [3.05, 3.63) is 0 Å². The van der Waals surface area contributed by atoms with Gasteiger partial charge in [0.15, 0.2) is 0 Å². The van der Waals surface area contributed by atoms with Gasteiger partial charge in [0.1, 0.15) is 48.3 Å². The molecule has 2 saturated heterocycles. The maximum atomic E-state index is 14.0. The summed E-state index contributed by atoms with van der Waals surface area (Å²) in [6.45, 7) is 7.06. The molecule has 0 unspecified atom stereocenters. The Hall–Kier alpha value is -5.42. The van der Waals surface area contributed by atoms with Crippen molar-refractivity contribution in [2.24, 2.45) is 29.0 Å².